The predicted molar refractivity (Wildman–Crippen MR) is 86.6 cm³/mol. The zero-order valence-electron chi connectivity index (χ0n) is 11.5. The fraction of sp³-hybridized carbons (Fsp3) is 0.308. The normalized spacial score (nSPS) is 11.5. The Labute approximate surface area is 133 Å². The first-order chi connectivity index (χ1) is 10.0. The van der Waals surface area contributed by atoms with Crippen molar-refractivity contribution in [3.63, 3.8) is 0 Å². The summed E-state index contributed by atoms with van der Waals surface area (Å²) in [7, 11) is -3.52. The first kappa shape index (κ1) is 16.2. The van der Waals surface area contributed by atoms with Crippen LogP contribution in [0, 0.1) is 0 Å². The van der Waals surface area contributed by atoms with Gasteiger partial charge < -0.3 is 5.32 Å². The lowest BCUT2D eigenvalue weighted by atomic mass is 10.3. The second-order valence-corrected chi connectivity index (χ2v) is 7.83. The maximum absolute atomic E-state index is 12.1. The molecule has 0 bridgehead atoms. The molecule has 2 heterocycles. The Morgan fingerprint density at radius 2 is 2.10 bits per heavy atom. The Hall–Kier alpha value is -1.15. The molecule has 0 atom stereocenters. The van der Waals surface area contributed by atoms with Crippen molar-refractivity contribution in [1.82, 2.24) is 9.71 Å². The second kappa shape index (κ2) is 7.22. The number of pyridine rings is 1. The number of anilines is 1. The molecule has 21 heavy (non-hydrogen) atoms. The van der Waals surface area contributed by atoms with E-state index in [1.54, 1.807) is 12.1 Å². The Bertz CT molecular complexity index is 684. The van der Waals surface area contributed by atoms with Crippen LogP contribution in [0.15, 0.2) is 35.4 Å². The van der Waals surface area contributed by atoms with E-state index in [1.165, 1.54) is 23.6 Å². The predicted octanol–water partition coefficient (Wildman–Crippen LogP) is 2.75. The van der Waals surface area contributed by atoms with E-state index < -0.39 is 10.0 Å². The second-order valence-electron chi connectivity index (χ2n) is 4.26. The summed E-state index contributed by atoms with van der Waals surface area (Å²) in [6.07, 6.45) is 1.96. The Morgan fingerprint density at radius 3 is 2.67 bits per heavy atom. The van der Waals surface area contributed by atoms with Crippen LogP contribution in [0.3, 0.4) is 0 Å². The van der Waals surface area contributed by atoms with Crippen molar-refractivity contribution >= 4 is 38.8 Å². The van der Waals surface area contributed by atoms with E-state index in [0.717, 1.165) is 11.4 Å². The summed E-state index contributed by atoms with van der Waals surface area (Å²) >= 11 is 7.28. The number of nitrogens with one attached hydrogen (secondary N) is 2. The van der Waals surface area contributed by atoms with Crippen LogP contribution in [-0.2, 0) is 16.4 Å². The number of hydrogen-bond donors (Lipinski definition) is 2. The number of rotatable bonds is 7. The molecule has 2 aromatic heterocycles. The molecule has 0 aliphatic carbocycles. The fourth-order valence-electron chi connectivity index (χ4n) is 1.70. The maximum Gasteiger partial charge on any atom is 0.242 e. The molecular weight excluding hydrogens is 330 g/mol. The van der Waals surface area contributed by atoms with Gasteiger partial charge in [0.1, 0.15) is 10.7 Å². The van der Waals surface area contributed by atoms with Gasteiger partial charge >= 0.3 is 0 Å². The zero-order valence-corrected chi connectivity index (χ0v) is 13.9. The average Bonchev–Trinajstić information content (AvgIpc) is 2.85. The number of sulfonamides is 1. The van der Waals surface area contributed by atoms with Crippen molar-refractivity contribution in [3.8, 4) is 0 Å². The standard InChI is InChI=1S/C13H16ClN3O2S2/c1-2-15-13-6-4-11(9-16-13)21(18,19)17-8-7-10-3-5-12(14)20-10/h3-6,9,17H,2,7-8H2,1H3,(H,15,16). The van der Waals surface area contributed by atoms with Crippen molar-refractivity contribution in [2.45, 2.75) is 18.2 Å². The molecule has 2 aromatic rings. The van der Waals surface area contributed by atoms with Crippen LogP contribution in [0.1, 0.15) is 11.8 Å². The van der Waals surface area contributed by atoms with Crippen molar-refractivity contribution in [2.24, 2.45) is 0 Å². The summed E-state index contributed by atoms with van der Waals surface area (Å²) in [6.45, 7) is 3.01. The van der Waals surface area contributed by atoms with Gasteiger partial charge in [0.05, 0.1) is 4.34 Å². The van der Waals surface area contributed by atoms with Gasteiger partial charge in [-0.2, -0.15) is 0 Å². The van der Waals surface area contributed by atoms with Gasteiger partial charge in [0.2, 0.25) is 10.0 Å². The van der Waals surface area contributed by atoms with Crippen molar-refractivity contribution in [1.29, 1.82) is 0 Å². The number of aromatic nitrogens is 1. The lowest BCUT2D eigenvalue weighted by molar-refractivity contribution is 0.581. The highest BCUT2D eigenvalue weighted by Crippen LogP contribution is 2.21. The van der Waals surface area contributed by atoms with Gasteiger partial charge in [-0.3, -0.25) is 0 Å². The van der Waals surface area contributed by atoms with E-state index >= 15 is 0 Å². The molecule has 0 saturated carbocycles. The third kappa shape index (κ3) is 4.67. The molecule has 0 radical (unpaired) electrons. The summed E-state index contributed by atoms with van der Waals surface area (Å²) in [5.41, 5.74) is 0. The molecular formula is C13H16ClN3O2S2. The molecule has 0 saturated heterocycles. The lowest BCUT2D eigenvalue weighted by Crippen LogP contribution is -2.26. The minimum absolute atomic E-state index is 0.161. The number of hydrogen-bond acceptors (Lipinski definition) is 5. The molecule has 0 unspecified atom stereocenters. The topological polar surface area (TPSA) is 71.1 Å². The molecule has 114 valence electrons. The molecule has 0 amide bonds. The van der Waals surface area contributed by atoms with Crippen LogP contribution in [-0.4, -0.2) is 26.5 Å². The van der Waals surface area contributed by atoms with Gasteiger partial charge in [-0.05, 0) is 37.6 Å². The third-order valence-electron chi connectivity index (χ3n) is 2.70. The smallest absolute Gasteiger partial charge is 0.242 e. The molecule has 0 spiro atoms. The van der Waals surface area contributed by atoms with Crippen LogP contribution in [0.4, 0.5) is 5.82 Å². The van der Waals surface area contributed by atoms with E-state index in [9.17, 15) is 8.42 Å². The van der Waals surface area contributed by atoms with Crippen molar-refractivity contribution in [3.05, 3.63) is 39.7 Å². The number of nitrogens with zero attached hydrogens (tertiary/aromatic N) is 1. The van der Waals surface area contributed by atoms with E-state index in [-0.39, 0.29) is 4.90 Å². The number of thiophene rings is 1. The minimum atomic E-state index is -3.52. The van der Waals surface area contributed by atoms with Crippen molar-refractivity contribution in [2.75, 3.05) is 18.4 Å². The molecule has 8 heteroatoms. The van der Waals surface area contributed by atoms with Gasteiger partial charge in [0.25, 0.3) is 0 Å². The molecule has 0 aromatic carbocycles. The summed E-state index contributed by atoms with van der Waals surface area (Å²) < 4.78 is 27.5. The molecule has 2 rings (SSSR count). The summed E-state index contributed by atoms with van der Waals surface area (Å²) in [5.74, 6) is 0.657. The van der Waals surface area contributed by atoms with Gasteiger partial charge in [0, 0.05) is 24.2 Å². The van der Waals surface area contributed by atoms with E-state index in [4.69, 9.17) is 11.6 Å². The van der Waals surface area contributed by atoms with Gasteiger partial charge in [-0.1, -0.05) is 11.6 Å². The van der Waals surface area contributed by atoms with Gasteiger partial charge in [-0.25, -0.2) is 18.1 Å². The molecule has 0 fully saturated rings. The molecule has 2 N–H and O–H groups in total. The van der Waals surface area contributed by atoms with Crippen LogP contribution in [0.2, 0.25) is 4.34 Å². The van der Waals surface area contributed by atoms with Gasteiger partial charge in [-0.15, -0.1) is 11.3 Å². The first-order valence-electron chi connectivity index (χ1n) is 6.45. The third-order valence-corrected chi connectivity index (χ3v) is 5.43. The van der Waals surface area contributed by atoms with Crippen LogP contribution in [0.25, 0.3) is 0 Å². The SMILES string of the molecule is CCNc1ccc(S(=O)(=O)NCCc2ccc(Cl)s2)cn1. The average molecular weight is 346 g/mol. The summed E-state index contributed by atoms with van der Waals surface area (Å²) in [6, 6.07) is 6.89. The van der Waals surface area contributed by atoms with Crippen LogP contribution in [0.5, 0.6) is 0 Å². The maximum atomic E-state index is 12.1. The Morgan fingerprint density at radius 1 is 1.29 bits per heavy atom. The highest BCUT2D eigenvalue weighted by Gasteiger charge is 2.14. The molecule has 0 aliphatic rings. The lowest BCUT2D eigenvalue weighted by Gasteiger charge is -2.07. The largest absolute Gasteiger partial charge is 0.370 e. The highest BCUT2D eigenvalue weighted by molar-refractivity contribution is 7.89. The quantitative estimate of drug-likeness (QED) is 0.809. The highest BCUT2D eigenvalue weighted by atomic mass is 35.5. The van der Waals surface area contributed by atoms with Gasteiger partial charge in [0.15, 0.2) is 0 Å². The van der Waals surface area contributed by atoms with Crippen LogP contribution < -0.4 is 10.0 Å². The summed E-state index contributed by atoms with van der Waals surface area (Å²) in [5, 5.41) is 3.02. The number of halogens is 1. The zero-order chi connectivity index (χ0) is 15.3. The van der Waals surface area contributed by atoms with E-state index in [2.05, 4.69) is 15.0 Å². The molecule has 0 aliphatic heterocycles. The minimum Gasteiger partial charge on any atom is -0.370 e. The summed E-state index contributed by atoms with van der Waals surface area (Å²) in [4.78, 5) is 5.26. The van der Waals surface area contributed by atoms with Crippen LogP contribution >= 0.6 is 22.9 Å². The molecule has 5 nitrogen and oxygen atoms in total. The Balaban J connectivity index is 1.94. The Kier molecular flexibility index (Phi) is 5.58. The van der Waals surface area contributed by atoms with Crippen molar-refractivity contribution < 1.29 is 8.42 Å². The fourth-order valence-corrected chi connectivity index (χ4v) is 3.77. The monoisotopic (exact) mass is 345 g/mol. The van der Waals surface area contributed by atoms with E-state index in [0.29, 0.717) is 23.1 Å². The first-order valence-corrected chi connectivity index (χ1v) is 9.13. The van der Waals surface area contributed by atoms with E-state index in [1.807, 2.05) is 13.0 Å².